The zero-order valence-electron chi connectivity index (χ0n) is 27.8. The second-order valence-electron chi connectivity index (χ2n) is 13.6. The molecule has 0 aliphatic heterocycles. The zero-order chi connectivity index (χ0) is 32.2. The number of furan rings is 1. The first-order valence-electron chi connectivity index (χ1n) is 16.7. The van der Waals surface area contributed by atoms with Gasteiger partial charge in [0.05, 0.1) is 5.58 Å². The van der Waals surface area contributed by atoms with Gasteiger partial charge in [-0.1, -0.05) is 85.2 Å². The van der Waals surface area contributed by atoms with Crippen molar-refractivity contribution in [3.63, 3.8) is 0 Å². The van der Waals surface area contributed by atoms with Crippen LogP contribution in [0.5, 0.6) is 0 Å². The van der Waals surface area contributed by atoms with Gasteiger partial charge in [0.15, 0.2) is 0 Å². The summed E-state index contributed by atoms with van der Waals surface area (Å²) in [6.07, 6.45) is 10.6. The third-order valence-electron chi connectivity index (χ3n) is 9.23. The molecule has 1 radical (unpaired) electrons. The van der Waals surface area contributed by atoms with E-state index in [1.165, 1.54) is 46.8 Å². The van der Waals surface area contributed by atoms with Crippen LogP contribution in [0.3, 0.4) is 0 Å². The fraction of sp³-hybridized carbons (Fsp3) is 0.209. The van der Waals surface area contributed by atoms with Crippen molar-refractivity contribution in [2.45, 2.75) is 49.4 Å². The summed E-state index contributed by atoms with van der Waals surface area (Å²) in [7, 11) is 0. The molecule has 0 saturated heterocycles. The number of benzene rings is 4. The number of rotatable bonds is 6. The van der Waals surface area contributed by atoms with Crippen molar-refractivity contribution in [2.75, 3.05) is 0 Å². The molecule has 1 aliphatic carbocycles. The van der Waals surface area contributed by atoms with E-state index in [0.29, 0.717) is 0 Å². The Balaban J connectivity index is 0.000000201. The van der Waals surface area contributed by atoms with E-state index in [0.717, 1.165) is 56.8 Å². The number of hydrogen-bond donors (Lipinski definition) is 0. The van der Waals surface area contributed by atoms with Crippen molar-refractivity contribution in [3.8, 4) is 33.6 Å². The van der Waals surface area contributed by atoms with E-state index in [1.54, 1.807) is 0 Å². The van der Waals surface area contributed by atoms with E-state index in [1.807, 2.05) is 48.8 Å². The third kappa shape index (κ3) is 7.73. The molecule has 4 aromatic carbocycles. The van der Waals surface area contributed by atoms with Gasteiger partial charge in [0.2, 0.25) is 0 Å². The second kappa shape index (κ2) is 15.2. The van der Waals surface area contributed by atoms with E-state index in [-0.39, 0.29) is 20.1 Å². The topological polar surface area (TPSA) is 38.9 Å². The molecule has 243 valence electrons. The van der Waals surface area contributed by atoms with Gasteiger partial charge in [-0.3, -0.25) is 0 Å². The fourth-order valence-electron chi connectivity index (χ4n) is 6.62. The van der Waals surface area contributed by atoms with Gasteiger partial charge in [-0.15, -0.1) is 23.8 Å². The first kappa shape index (κ1) is 34.1. The molecule has 3 nitrogen and oxygen atoms in total. The van der Waals surface area contributed by atoms with Gasteiger partial charge in [-0.2, -0.15) is 0 Å². The van der Waals surface area contributed by atoms with Crippen LogP contribution >= 0.6 is 0 Å². The molecule has 0 amide bonds. The number of hydrogen-bond acceptors (Lipinski definition) is 3. The second-order valence-corrected chi connectivity index (χ2v) is 24.3. The molecule has 48 heavy (non-hydrogen) atoms. The van der Waals surface area contributed by atoms with Crippen molar-refractivity contribution >= 4 is 39.6 Å². The van der Waals surface area contributed by atoms with Crippen LogP contribution < -0.4 is 4.40 Å². The minimum atomic E-state index is -1.72. The molecule has 0 bridgehead atoms. The van der Waals surface area contributed by atoms with Crippen LogP contribution in [0.15, 0.2) is 126 Å². The molecule has 5 heteroatoms. The quantitative estimate of drug-likeness (QED) is 0.123. The summed E-state index contributed by atoms with van der Waals surface area (Å²) < 4.78 is 7.61. The number of nitrogens with zero attached hydrogens (tertiary/aromatic N) is 2. The number of aromatic nitrogens is 2. The maximum absolute atomic E-state index is 6.17. The Morgan fingerprint density at radius 1 is 0.750 bits per heavy atom. The first-order valence-corrected chi connectivity index (χ1v) is 24.1. The van der Waals surface area contributed by atoms with E-state index >= 15 is 0 Å². The van der Waals surface area contributed by atoms with E-state index < -0.39 is 13.3 Å². The van der Waals surface area contributed by atoms with Crippen LogP contribution in [0.1, 0.15) is 31.2 Å². The minimum Gasteiger partial charge on any atom is -0.500 e. The summed E-state index contributed by atoms with van der Waals surface area (Å²) in [5, 5.41) is 2.27. The predicted octanol–water partition coefficient (Wildman–Crippen LogP) is 10.9. The molecular formula is C43H40GeIrN2O-2. The summed E-state index contributed by atoms with van der Waals surface area (Å²) in [5.41, 5.74) is 9.63. The summed E-state index contributed by atoms with van der Waals surface area (Å²) in [6, 6.07) is 44.2. The molecule has 3 heterocycles. The summed E-state index contributed by atoms with van der Waals surface area (Å²) >= 11 is -1.72. The maximum atomic E-state index is 6.17. The molecule has 8 rings (SSSR count). The normalized spacial score (nSPS) is 13.2. The fourth-order valence-corrected chi connectivity index (χ4v) is 8.79. The molecule has 0 spiro atoms. The van der Waals surface area contributed by atoms with E-state index in [9.17, 15) is 0 Å². The van der Waals surface area contributed by atoms with Crippen LogP contribution in [-0.2, 0) is 26.5 Å². The molecule has 3 aromatic heterocycles. The SMILES string of the molecule is [CH3][Ge]([CH3])([CH3])[c]1ccc(-c2[c-]cccc2)nc1.[Ir].[c-]1cc2oc3cccc(-c4ccccc4)c3c2cc1-c1cc(CC2CCCC2)ccn1. The Kier molecular flexibility index (Phi) is 10.8. The Labute approximate surface area is 300 Å². The molecule has 0 unspecified atom stereocenters. The van der Waals surface area contributed by atoms with Crippen molar-refractivity contribution in [1.82, 2.24) is 9.97 Å². The molecule has 0 N–H and O–H groups in total. The predicted molar refractivity (Wildman–Crippen MR) is 198 cm³/mol. The maximum Gasteiger partial charge on any atom is 0.121 e. The Hall–Kier alpha value is -3.83. The molecule has 1 fully saturated rings. The summed E-state index contributed by atoms with van der Waals surface area (Å²) in [4.78, 5) is 9.21. The van der Waals surface area contributed by atoms with Gasteiger partial charge in [0, 0.05) is 31.7 Å². The van der Waals surface area contributed by atoms with Gasteiger partial charge >= 0.3 is 99.8 Å². The van der Waals surface area contributed by atoms with Crippen LogP contribution in [0.4, 0.5) is 0 Å². The number of fused-ring (bicyclic) bond motifs is 3. The van der Waals surface area contributed by atoms with E-state index in [2.05, 4.69) is 112 Å². The molecule has 1 saturated carbocycles. The van der Waals surface area contributed by atoms with Gasteiger partial charge in [-0.25, -0.2) is 0 Å². The largest absolute Gasteiger partial charge is 0.500 e. The Morgan fingerprint density at radius 2 is 1.56 bits per heavy atom. The first-order chi connectivity index (χ1) is 22.9. The summed E-state index contributed by atoms with van der Waals surface area (Å²) in [5.74, 6) is 7.97. The Morgan fingerprint density at radius 3 is 2.29 bits per heavy atom. The molecular weight excluding hydrogens is 825 g/mol. The van der Waals surface area contributed by atoms with Gasteiger partial charge in [0.25, 0.3) is 0 Å². The van der Waals surface area contributed by atoms with Crippen molar-refractivity contribution in [2.24, 2.45) is 5.92 Å². The molecule has 1 aliphatic rings. The summed E-state index contributed by atoms with van der Waals surface area (Å²) in [6.45, 7) is 0. The van der Waals surface area contributed by atoms with Crippen LogP contribution in [0.25, 0.3) is 55.6 Å². The third-order valence-corrected chi connectivity index (χ3v) is 13.5. The minimum absolute atomic E-state index is 0. The van der Waals surface area contributed by atoms with Crippen molar-refractivity contribution < 1.29 is 24.5 Å². The number of pyridine rings is 2. The van der Waals surface area contributed by atoms with E-state index in [4.69, 9.17) is 4.42 Å². The van der Waals surface area contributed by atoms with Gasteiger partial charge < -0.3 is 9.40 Å². The molecule has 7 aromatic rings. The van der Waals surface area contributed by atoms with Gasteiger partial charge in [0.1, 0.15) is 5.58 Å². The smallest absolute Gasteiger partial charge is 0.121 e. The van der Waals surface area contributed by atoms with Crippen LogP contribution in [-0.4, -0.2) is 23.2 Å². The average molecular weight is 866 g/mol. The van der Waals surface area contributed by atoms with Crippen molar-refractivity contribution in [1.29, 1.82) is 0 Å². The van der Waals surface area contributed by atoms with Crippen LogP contribution in [0.2, 0.25) is 17.3 Å². The average Bonchev–Trinajstić information content (AvgIpc) is 3.76. The zero-order valence-corrected chi connectivity index (χ0v) is 32.3. The molecule has 0 atom stereocenters. The van der Waals surface area contributed by atoms with Crippen molar-refractivity contribution in [3.05, 3.63) is 139 Å². The van der Waals surface area contributed by atoms with Crippen LogP contribution in [0, 0.1) is 18.1 Å². The van der Waals surface area contributed by atoms with Gasteiger partial charge in [-0.05, 0) is 41.3 Å². The monoisotopic (exact) mass is 867 g/mol. The standard InChI is InChI=1S/C29H24NO.C14H16GeN.Ir/c1-2-9-22(10-3-1)24-11-6-12-28-29(24)25-19-23(13-14-27(25)31-28)26-18-21(15-16-30-26)17-20-7-4-5-8-20;1-15(2,3)13-9-10-14(16-11-13)12-7-5-4-6-8-12;/h1-3,6,9-12,14-16,18-20H,4-5,7-8,17H2;4-7,9-11H,1-3H3;/q2*-1;. The Bertz CT molecular complexity index is 2100.